The fraction of sp³-hybridized carbons (Fsp3) is 0.385. The van der Waals surface area contributed by atoms with E-state index in [-0.39, 0.29) is 30.3 Å². The molecular weight excluding hydrogens is 285 g/mol. The lowest BCUT2D eigenvalue weighted by Gasteiger charge is -2.11. The predicted molar refractivity (Wildman–Crippen MR) is 72.5 cm³/mol. The van der Waals surface area contributed by atoms with Crippen molar-refractivity contribution in [3.8, 4) is 0 Å². The Morgan fingerprint density at radius 3 is 2.62 bits per heavy atom. The Morgan fingerprint density at radius 2 is 2.05 bits per heavy atom. The molecule has 0 aliphatic rings. The highest BCUT2D eigenvalue weighted by Gasteiger charge is 2.31. The molecule has 5 nitrogen and oxygen atoms in total. The van der Waals surface area contributed by atoms with E-state index in [1.54, 1.807) is 14.1 Å². The third-order valence-corrected chi connectivity index (χ3v) is 3.15. The van der Waals surface area contributed by atoms with Crippen molar-refractivity contribution in [1.29, 1.82) is 0 Å². The summed E-state index contributed by atoms with van der Waals surface area (Å²) in [6, 6.07) is 3.26. The number of carbonyl (C=O) groups excluding carboxylic acids is 1. The van der Waals surface area contributed by atoms with E-state index in [1.165, 1.54) is 15.5 Å². The van der Waals surface area contributed by atoms with Crippen molar-refractivity contribution in [2.75, 3.05) is 19.8 Å². The normalized spacial score (nSPS) is 11.9. The van der Waals surface area contributed by atoms with Gasteiger partial charge >= 0.3 is 6.18 Å². The second-order valence-electron chi connectivity index (χ2n) is 4.86. The molecule has 0 aliphatic heterocycles. The first-order valence-electron chi connectivity index (χ1n) is 6.23. The number of anilines is 1. The van der Waals surface area contributed by atoms with Gasteiger partial charge in [-0.25, -0.2) is 4.98 Å². The SMILES string of the molecule is CN(C)C(=O)CCn1c(N)nc2cc(C(F)(F)F)ccc21. The maximum atomic E-state index is 12.6. The lowest BCUT2D eigenvalue weighted by molar-refractivity contribution is -0.137. The van der Waals surface area contributed by atoms with Gasteiger partial charge in [0.2, 0.25) is 11.9 Å². The Kier molecular flexibility index (Phi) is 3.80. The number of imidazole rings is 1. The minimum atomic E-state index is -4.42. The molecule has 1 heterocycles. The number of nitrogens with zero attached hydrogens (tertiary/aromatic N) is 3. The number of hydrogen-bond donors (Lipinski definition) is 1. The average Bonchev–Trinajstić information content (AvgIpc) is 2.69. The van der Waals surface area contributed by atoms with Gasteiger partial charge in [-0.05, 0) is 18.2 Å². The highest BCUT2D eigenvalue weighted by molar-refractivity contribution is 5.80. The highest BCUT2D eigenvalue weighted by atomic mass is 19.4. The van der Waals surface area contributed by atoms with Crippen molar-refractivity contribution >= 4 is 22.9 Å². The minimum Gasteiger partial charge on any atom is -0.369 e. The molecule has 1 aromatic carbocycles. The van der Waals surface area contributed by atoms with Crippen LogP contribution in [-0.4, -0.2) is 34.5 Å². The first kappa shape index (κ1) is 15.1. The topological polar surface area (TPSA) is 64.2 Å². The maximum Gasteiger partial charge on any atom is 0.416 e. The Bertz CT molecular complexity index is 676. The van der Waals surface area contributed by atoms with Crippen LogP contribution in [-0.2, 0) is 17.5 Å². The molecule has 0 radical (unpaired) electrons. The molecule has 2 rings (SSSR count). The monoisotopic (exact) mass is 300 g/mol. The average molecular weight is 300 g/mol. The lowest BCUT2D eigenvalue weighted by atomic mass is 10.2. The third-order valence-electron chi connectivity index (χ3n) is 3.15. The van der Waals surface area contributed by atoms with Crippen LogP contribution in [0.1, 0.15) is 12.0 Å². The van der Waals surface area contributed by atoms with Gasteiger partial charge in [0.1, 0.15) is 0 Å². The molecule has 0 unspecified atom stereocenters. The summed E-state index contributed by atoms with van der Waals surface area (Å²) >= 11 is 0. The van der Waals surface area contributed by atoms with Gasteiger partial charge in [-0.1, -0.05) is 0 Å². The molecule has 114 valence electrons. The smallest absolute Gasteiger partial charge is 0.369 e. The number of nitrogen functional groups attached to an aromatic ring is 1. The van der Waals surface area contributed by atoms with Gasteiger partial charge in [0.15, 0.2) is 0 Å². The zero-order valence-corrected chi connectivity index (χ0v) is 11.6. The van der Waals surface area contributed by atoms with E-state index < -0.39 is 11.7 Å². The molecule has 2 N–H and O–H groups in total. The van der Waals surface area contributed by atoms with Crippen LogP contribution in [0.15, 0.2) is 18.2 Å². The largest absolute Gasteiger partial charge is 0.416 e. The van der Waals surface area contributed by atoms with Crippen LogP contribution in [0.2, 0.25) is 0 Å². The van der Waals surface area contributed by atoms with Crippen molar-refractivity contribution in [3.63, 3.8) is 0 Å². The summed E-state index contributed by atoms with van der Waals surface area (Å²) in [5.74, 6) is -0.000887. The predicted octanol–water partition coefficient (Wildman–Crippen LogP) is 2.12. The van der Waals surface area contributed by atoms with Gasteiger partial charge in [-0.2, -0.15) is 13.2 Å². The second-order valence-corrected chi connectivity index (χ2v) is 4.86. The third kappa shape index (κ3) is 3.09. The minimum absolute atomic E-state index is 0.0934. The number of hydrogen-bond acceptors (Lipinski definition) is 3. The van der Waals surface area contributed by atoms with Crippen LogP contribution in [0, 0.1) is 0 Å². The van der Waals surface area contributed by atoms with Gasteiger partial charge in [-0.3, -0.25) is 4.79 Å². The van der Waals surface area contributed by atoms with Crippen molar-refractivity contribution in [2.24, 2.45) is 0 Å². The quantitative estimate of drug-likeness (QED) is 0.944. The summed E-state index contributed by atoms with van der Waals surface area (Å²) in [6.45, 7) is 0.269. The molecule has 0 saturated carbocycles. The van der Waals surface area contributed by atoms with E-state index in [1.807, 2.05) is 0 Å². The fourth-order valence-corrected chi connectivity index (χ4v) is 1.99. The van der Waals surface area contributed by atoms with E-state index in [9.17, 15) is 18.0 Å². The van der Waals surface area contributed by atoms with E-state index in [2.05, 4.69) is 4.98 Å². The molecule has 21 heavy (non-hydrogen) atoms. The molecule has 0 saturated heterocycles. The van der Waals surface area contributed by atoms with Crippen LogP contribution in [0.3, 0.4) is 0 Å². The number of fused-ring (bicyclic) bond motifs is 1. The highest BCUT2D eigenvalue weighted by Crippen LogP contribution is 2.31. The first-order valence-corrected chi connectivity index (χ1v) is 6.23. The standard InChI is InChI=1S/C13H15F3N4O/c1-19(2)11(21)5-6-20-10-4-3-8(13(14,15)16)7-9(10)18-12(20)17/h3-4,7H,5-6H2,1-2H3,(H2,17,18). The number of nitrogens with two attached hydrogens (primary N) is 1. The molecule has 0 atom stereocenters. The van der Waals surface area contributed by atoms with Crippen LogP contribution in [0.25, 0.3) is 11.0 Å². The van der Waals surface area contributed by atoms with E-state index in [0.717, 1.165) is 12.1 Å². The van der Waals surface area contributed by atoms with Gasteiger partial charge in [0, 0.05) is 27.1 Å². The van der Waals surface area contributed by atoms with Crippen LogP contribution in [0.5, 0.6) is 0 Å². The number of carbonyl (C=O) groups is 1. The number of halogens is 3. The van der Waals surface area contributed by atoms with Crippen LogP contribution < -0.4 is 5.73 Å². The molecular formula is C13H15F3N4O. The molecule has 2 aromatic rings. The van der Waals surface area contributed by atoms with Gasteiger partial charge in [-0.15, -0.1) is 0 Å². The van der Waals surface area contributed by atoms with Crippen molar-refractivity contribution in [2.45, 2.75) is 19.1 Å². The molecule has 0 fully saturated rings. The summed E-state index contributed by atoms with van der Waals surface area (Å²) in [5, 5.41) is 0. The van der Waals surface area contributed by atoms with Crippen molar-refractivity contribution in [3.05, 3.63) is 23.8 Å². The number of aryl methyl sites for hydroxylation is 1. The number of amides is 1. The molecule has 1 amide bonds. The van der Waals surface area contributed by atoms with Gasteiger partial charge in [0.25, 0.3) is 0 Å². The van der Waals surface area contributed by atoms with E-state index in [0.29, 0.717) is 5.52 Å². The Labute approximate surface area is 119 Å². The molecule has 0 aliphatic carbocycles. The summed E-state index contributed by atoms with van der Waals surface area (Å²) in [4.78, 5) is 16.9. The first-order chi connectivity index (χ1) is 9.70. The lowest BCUT2D eigenvalue weighted by Crippen LogP contribution is -2.23. The van der Waals surface area contributed by atoms with E-state index in [4.69, 9.17) is 5.73 Å². The molecule has 0 bridgehead atoms. The van der Waals surface area contributed by atoms with E-state index >= 15 is 0 Å². The van der Waals surface area contributed by atoms with Crippen LogP contribution >= 0.6 is 0 Å². The van der Waals surface area contributed by atoms with Crippen molar-refractivity contribution < 1.29 is 18.0 Å². The van der Waals surface area contributed by atoms with Gasteiger partial charge < -0.3 is 15.2 Å². The van der Waals surface area contributed by atoms with Gasteiger partial charge in [0.05, 0.1) is 16.6 Å². The summed E-state index contributed by atoms with van der Waals surface area (Å²) in [6.07, 6.45) is -4.22. The second kappa shape index (κ2) is 5.27. The number of alkyl halides is 3. The Hall–Kier alpha value is -2.25. The summed E-state index contributed by atoms with van der Waals surface area (Å²) < 4.78 is 39.5. The Morgan fingerprint density at radius 1 is 1.38 bits per heavy atom. The maximum absolute atomic E-state index is 12.6. The zero-order chi connectivity index (χ0) is 15.8. The number of aromatic nitrogens is 2. The molecule has 1 aromatic heterocycles. The Balaban J connectivity index is 2.33. The number of benzene rings is 1. The summed E-state index contributed by atoms with van der Waals surface area (Å²) in [5.41, 5.74) is 5.59. The molecule has 0 spiro atoms. The van der Waals surface area contributed by atoms with Crippen molar-refractivity contribution in [1.82, 2.24) is 14.5 Å². The summed E-state index contributed by atoms with van der Waals surface area (Å²) in [7, 11) is 3.26. The number of rotatable bonds is 3. The molecule has 8 heteroatoms. The fourth-order valence-electron chi connectivity index (χ4n) is 1.99. The zero-order valence-electron chi connectivity index (χ0n) is 11.6. The van der Waals surface area contributed by atoms with Crippen LogP contribution in [0.4, 0.5) is 19.1 Å².